The van der Waals surface area contributed by atoms with Gasteiger partial charge in [-0.05, 0) is 29.7 Å². The fraction of sp³-hybridized carbons (Fsp3) is 0.231. The molecule has 1 aromatic heterocycles. The summed E-state index contributed by atoms with van der Waals surface area (Å²) in [7, 11) is 3.47. The van der Waals surface area contributed by atoms with Crippen molar-refractivity contribution in [2.75, 3.05) is 19.1 Å². The number of nitrogens with zero attached hydrogens (tertiary/aromatic N) is 3. The Morgan fingerprint density at radius 1 is 1.45 bits per heavy atom. The topological polar surface area (TPSA) is 49.1 Å². The van der Waals surface area contributed by atoms with E-state index in [0.29, 0.717) is 17.1 Å². The summed E-state index contributed by atoms with van der Waals surface area (Å²) >= 11 is 13.1. The van der Waals surface area contributed by atoms with Gasteiger partial charge in [-0.3, -0.25) is 0 Å². The highest BCUT2D eigenvalue weighted by atomic mass is 35.5. The molecule has 0 fully saturated rings. The van der Waals surface area contributed by atoms with Gasteiger partial charge in [-0.15, -0.1) is 0 Å². The minimum Gasteiger partial charge on any atom is -0.496 e. The summed E-state index contributed by atoms with van der Waals surface area (Å²) in [5.74, 6) is 0.746. The summed E-state index contributed by atoms with van der Waals surface area (Å²) in [6, 6.07) is 7.49. The lowest BCUT2D eigenvalue weighted by Crippen LogP contribution is -2.16. The monoisotopic (exact) mass is 327 g/mol. The Hall–Kier alpha value is -1.48. The van der Waals surface area contributed by atoms with Gasteiger partial charge in [0.2, 0.25) is 0 Å². The smallest absolute Gasteiger partial charge is 0.162 e. The van der Waals surface area contributed by atoms with Crippen LogP contribution in [0.1, 0.15) is 11.1 Å². The number of rotatable bonds is 4. The van der Waals surface area contributed by atoms with E-state index in [1.165, 1.54) is 11.5 Å². The van der Waals surface area contributed by atoms with Gasteiger partial charge in [0.1, 0.15) is 22.4 Å². The average Bonchev–Trinajstić information content (AvgIpc) is 2.80. The molecule has 0 spiro atoms. The number of halogens is 2. The van der Waals surface area contributed by atoms with Gasteiger partial charge in [0, 0.05) is 24.2 Å². The van der Waals surface area contributed by atoms with E-state index in [1.807, 2.05) is 24.1 Å². The summed E-state index contributed by atoms with van der Waals surface area (Å²) in [5, 5.41) is 10.7. The van der Waals surface area contributed by atoms with Crippen molar-refractivity contribution in [3.8, 4) is 11.8 Å². The third kappa shape index (κ3) is 2.98. The number of anilines is 1. The Bertz CT molecular complexity index is 666. The average molecular weight is 328 g/mol. The van der Waals surface area contributed by atoms with E-state index in [-0.39, 0.29) is 5.15 Å². The zero-order valence-electron chi connectivity index (χ0n) is 10.9. The molecular weight excluding hydrogens is 317 g/mol. The summed E-state index contributed by atoms with van der Waals surface area (Å²) < 4.78 is 9.31. The molecule has 0 unspecified atom stereocenters. The van der Waals surface area contributed by atoms with E-state index in [1.54, 1.807) is 13.2 Å². The van der Waals surface area contributed by atoms with Gasteiger partial charge in [0.25, 0.3) is 0 Å². The Kier molecular flexibility index (Phi) is 4.71. The van der Waals surface area contributed by atoms with E-state index in [4.69, 9.17) is 33.2 Å². The van der Waals surface area contributed by atoms with E-state index in [2.05, 4.69) is 10.4 Å². The molecule has 0 aliphatic carbocycles. The van der Waals surface area contributed by atoms with Gasteiger partial charge in [-0.25, -0.2) is 0 Å². The predicted molar refractivity (Wildman–Crippen MR) is 82.0 cm³/mol. The molecule has 0 saturated carbocycles. The molecule has 1 heterocycles. The molecule has 0 amide bonds. The minimum atomic E-state index is 0.234. The molecule has 2 aromatic rings. The van der Waals surface area contributed by atoms with Crippen LogP contribution in [0, 0.1) is 11.3 Å². The van der Waals surface area contributed by atoms with Crippen molar-refractivity contribution >= 4 is 39.7 Å². The van der Waals surface area contributed by atoms with Crippen molar-refractivity contribution in [3.05, 3.63) is 39.5 Å². The number of hydrogen-bond acceptors (Lipinski definition) is 5. The van der Waals surface area contributed by atoms with E-state index >= 15 is 0 Å². The fourth-order valence-corrected chi connectivity index (χ4v) is 3.00. The molecule has 0 saturated heterocycles. The lowest BCUT2D eigenvalue weighted by Gasteiger charge is -2.19. The second-order valence-electron chi connectivity index (χ2n) is 4.08. The first-order chi connectivity index (χ1) is 9.56. The van der Waals surface area contributed by atoms with Crippen LogP contribution in [0.3, 0.4) is 0 Å². The van der Waals surface area contributed by atoms with Gasteiger partial charge in [-0.2, -0.15) is 9.64 Å². The maximum atomic E-state index is 9.11. The molecule has 1 aromatic carbocycles. The SMILES string of the molecule is COc1ccc(Cl)cc1CN(C)c1snc(Cl)c1C#N. The van der Waals surface area contributed by atoms with Crippen molar-refractivity contribution in [2.45, 2.75) is 6.54 Å². The fourth-order valence-electron chi connectivity index (χ4n) is 1.82. The van der Waals surface area contributed by atoms with Gasteiger partial charge >= 0.3 is 0 Å². The van der Waals surface area contributed by atoms with Crippen LogP contribution in [0.2, 0.25) is 10.2 Å². The summed E-state index contributed by atoms with van der Waals surface area (Å²) in [5.41, 5.74) is 1.32. The van der Waals surface area contributed by atoms with Crippen LogP contribution in [-0.4, -0.2) is 18.5 Å². The second-order valence-corrected chi connectivity index (χ2v) is 5.62. The molecule has 0 bridgehead atoms. The molecule has 104 valence electrons. The Morgan fingerprint density at radius 3 is 2.85 bits per heavy atom. The Balaban J connectivity index is 2.30. The van der Waals surface area contributed by atoms with Gasteiger partial charge in [-0.1, -0.05) is 23.2 Å². The lowest BCUT2D eigenvalue weighted by molar-refractivity contribution is 0.409. The van der Waals surface area contributed by atoms with E-state index < -0.39 is 0 Å². The molecule has 7 heteroatoms. The molecule has 20 heavy (non-hydrogen) atoms. The van der Waals surface area contributed by atoms with Gasteiger partial charge < -0.3 is 9.64 Å². The van der Waals surface area contributed by atoms with Crippen LogP contribution in [0.25, 0.3) is 0 Å². The number of benzene rings is 1. The zero-order valence-corrected chi connectivity index (χ0v) is 13.2. The minimum absolute atomic E-state index is 0.234. The van der Waals surface area contributed by atoms with Crippen LogP contribution in [0.15, 0.2) is 18.2 Å². The van der Waals surface area contributed by atoms with Crippen molar-refractivity contribution in [2.24, 2.45) is 0 Å². The Labute approximate surface area is 131 Å². The zero-order chi connectivity index (χ0) is 14.7. The predicted octanol–water partition coefficient (Wildman–Crippen LogP) is 3.97. The highest BCUT2D eigenvalue weighted by molar-refractivity contribution is 7.10. The first kappa shape index (κ1) is 14.9. The van der Waals surface area contributed by atoms with Crippen LogP contribution < -0.4 is 9.64 Å². The van der Waals surface area contributed by atoms with Crippen LogP contribution in [0.5, 0.6) is 5.75 Å². The van der Waals surface area contributed by atoms with Crippen molar-refractivity contribution in [3.63, 3.8) is 0 Å². The van der Waals surface area contributed by atoms with Crippen LogP contribution >= 0.6 is 34.7 Å². The molecule has 0 aliphatic rings. The summed E-state index contributed by atoms with van der Waals surface area (Å²) in [4.78, 5) is 1.90. The summed E-state index contributed by atoms with van der Waals surface area (Å²) in [6.45, 7) is 0.539. The second kappa shape index (κ2) is 6.31. The third-order valence-electron chi connectivity index (χ3n) is 2.74. The van der Waals surface area contributed by atoms with Crippen molar-refractivity contribution < 1.29 is 4.74 Å². The van der Waals surface area contributed by atoms with Gasteiger partial charge in [0.05, 0.1) is 7.11 Å². The number of methoxy groups -OCH3 is 1. The first-order valence-electron chi connectivity index (χ1n) is 5.65. The van der Waals surface area contributed by atoms with Crippen molar-refractivity contribution in [1.82, 2.24) is 4.37 Å². The highest BCUT2D eigenvalue weighted by Gasteiger charge is 2.17. The van der Waals surface area contributed by atoms with Crippen LogP contribution in [0.4, 0.5) is 5.00 Å². The van der Waals surface area contributed by atoms with Crippen molar-refractivity contribution in [1.29, 1.82) is 5.26 Å². The molecular formula is C13H11Cl2N3OS. The molecule has 2 rings (SSSR count). The maximum Gasteiger partial charge on any atom is 0.162 e. The highest BCUT2D eigenvalue weighted by Crippen LogP contribution is 2.32. The normalized spacial score (nSPS) is 10.2. The molecule has 4 nitrogen and oxygen atoms in total. The largest absolute Gasteiger partial charge is 0.496 e. The first-order valence-corrected chi connectivity index (χ1v) is 7.18. The summed E-state index contributed by atoms with van der Waals surface area (Å²) in [6.07, 6.45) is 0. The number of hydrogen-bond donors (Lipinski definition) is 0. The lowest BCUT2D eigenvalue weighted by atomic mass is 10.2. The quantitative estimate of drug-likeness (QED) is 0.852. The standard InChI is InChI=1S/C13H11Cl2N3OS/c1-18(13-10(6-16)12(15)17-20-13)7-8-5-9(14)3-4-11(8)19-2/h3-5H,7H2,1-2H3. The van der Waals surface area contributed by atoms with Gasteiger partial charge in [0.15, 0.2) is 5.15 Å². The number of aromatic nitrogens is 1. The number of ether oxygens (including phenoxy) is 1. The molecule has 0 N–H and O–H groups in total. The third-order valence-corrected chi connectivity index (χ3v) is 4.31. The molecule has 0 aliphatic heterocycles. The number of nitriles is 1. The van der Waals surface area contributed by atoms with Crippen LogP contribution in [-0.2, 0) is 6.54 Å². The Morgan fingerprint density at radius 2 is 2.20 bits per heavy atom. The maximum absolute atomic E-state index is 9.11. The van der Waals surface area contributed by atoms with E-state index in [9.17, 15) is 0 Å². The molecule has 0 atom stereocenters. The molecule has 0 radical (unpaired) electrons. The van der Waals surface area contributed by atoms with E-state index in [0.717, 1.165) is 16.3 Å².